The van der Waals surface area contributed by atoms with E-state index < -0.39 is 5.97 Å². The molecule has 0 fully saturated rings. The van der Waals surface area contributed by atoms with Crippen molar-refractivity contribution in [2.45, 2.75) is 32.9 Å². The van der Waals surface area contributed by atoms with E-state index in [2.05, 4.69) is 5.32 Å². The van der Waals surface area contributed by atoms with Crippen molar-refractivity contribution in [3.8, 4) is 0 Å². The van der Waals surface area contributed by atoms with Gasteiger partial charge in [0.2, 0.25) is 0 Å². The molecule has 0 bridgehead atoms. The molecule has 0 radical (unpaired) electrons. The van der Waals surface area contributed by atoms with Gasteiger partial charge in [0, 0.05) is 19.7 Å². The minimum atomic E-state index is -0.892. The maximum Gasteiger partial charge on any atom is 0.336 e. The minimum absolute atomic E-state index is 0.243. The molecule has 0 heterocycles. The molecule has 4 nitrogen and oxygen atoms in total. The first-order chi connectivity index (χ1) is 8.46. The number of rotatable bonds is 7. The molecule has 1 rings (SSSR count). The Bertz CT molecular complexity index is 402. The first kappa shape index (κ1) is 14.7. The Hall–Kier alpha value is -1.39. The molecule has 0 spiro atoms. The van der Waals surface area contributed by atoms with E-state index in [0.29, 0.717) is 25.3 Å². The number of carboxylic acids is 1. The van der Waals surface area contributed by atoms with Crippen molar-refractivity contribution in [3.05, 3.63) is 35.4 Å². The molecule has 0 unspecified atom stereocenters. The first-order valence-electron chi connectivity index (χ1n) is 6.12. The summed E-state index contributed by atoms with van der Waals surface area (Å²) < 4.78 is 5.57. The van der Waals surface area contributed by atoms with Crippen LogP contribution >= 0.6 is 0 Å². The Labute approximate surface area is 108 Å². The molecule has 0 saturated heterocycles. The van der Waals surface area contributed by atoms with Gasteiger partial charge in [-0.25, -0.2) is 4.79 Å². The Morgan fingerprint density at radius 2 is 2.06 bits per heavy atom. The second-order valence-electron chi connectivity index (χ2n) is 4.76. The molecule has 0 atom stereocenters. The van der Waals surface area contributed by atoms with E-state index in [1.807, 2.05) is 32.9 Å². The van der Waals surface area contributed by atoms with Gasteiger partial charge in [0.1, 0.15) is 0 Å². The number of carbonyl (C=O) groups is 1. The van der Waals surface area contributed by atoms with Crippen molar-refractivity contribution >= 4 is 5.97 Å². The number of hydrogen-bond donors (Lipinski definition) is 2. The van der Waals surface area contributed by atoms with Crippen LogP contribution in [0.1, 0.15) is 36.7 Å². The van der Waals surface area contributed by atoms with Gasteiger partial charge in [0.05, 0.1) is 11.2 Å². The van der Waals surface area contributed by atoms with Crippen molar-refractivity contribution in [2.24, 2.45) is 0 Å². The maximum atomic E-state index is 11.0. The van der Waals surface area contributed by atoms with Crippen LogP contribution in [0.2, 0.25) is 0 Å². The van der Waals surface area contributed by atoms with E-state index >= 15 is 0 Å². The smallest absolute Gasteiger partial charge is 0.336 e. The van der Waals surface area contributed by atoms with E-state index in [-0.39, 0.29) is 5.60 Å². The van der Waals surface area contributed by atoms with Crippen molar-refractivity contribution in [3.63, 3.8) is 0 Å². The highest BCUT2D eigenvalue weighted by Gasteiger charge is 2.17. The van der Waals surface area contributed by atoms with Gasteiger partial charge in [-0.15, -0.1) is 0 Å². The third-order valence-electron chi connectivity index (χ3n) is 2.65. The Morgan fingerprint density at radius 1 is 1.39 bits per heavy atom. The predicted molar refractivity (Wildman–Crippen MR) is 70.8 cm³/mol. The highest BCUT2D eigenvalue weighted by atomic mass is 16.5. The number of hydrogen-bond acceptors (Lipinski definition) is 3. The SMILES string of the molecule is CCOC(C)(C)CNCc1ccccc1C(=O)O. The molecular weight excluding hydrogens is 230 g/mol. The molecule has 100 valence electrons. The molecule has 0 aromatic heterocycles. The standard InChI is InChI=1S/C14H21NO3/c1-4-18-14(2,3)10-15-9-11-7-5-6-8-12(11)13(16)17/h5-8,15H,4,9-10H2,1-3H3,(H,16,17). The zero-order chi connectivity index (χ0) is 13.6. The lowest BCUT2D eigenvalue weighted by Crippen LogP contribution is -2.37. The summed E-state index contributed by atoms with van der Waals surface area (Å²) in [4.78, 5) is 11.0. The molecule has 0 aliphatic carbocycles. The molecule has 0 aliphatic rings. The monoisotopic (exact) mass is 251 g/mol. The number of aromatic carboxylic acids is 1. The van der Waals surface area contributed by atoms with Crippen LogP contribution in [0.5, 0.6) is 0 Å². The Balaban J connectivity index is 2.56. The van der Waals surface area contributed by atoms with Crippen LogP contribution < -0.4 is 5.32 Å². The fourth-order valence-electron chi connectivity index (χ4n) is 1.82. The molecule has 0 amide bonds. The third kappa shape index (κ3) is 4.47. The summed E-state index contributed by atoms with van der Waals surface area (Å²) in [6.07, 6.45) is 0. The van der Waals surface area contributed by atoms with Gasteiger partial charge in [-0.2, -0.15) is 0 Å². The van der Waals surface area contributed by atoms with Crippen LogP contribution in [0, 0.1) is 0 Å². The number of carboxylic acid groups (broad SMARTS) is 1. The Kier molecular flexibility index (Phi) is 5.31. The average Bonchev–Trinajstić information content (AvgIpc) is 2.29. The van der Waals surface area contributed by atoms with Gasteiger partial charge in [0.25, 0.3) is 0 Å². The van der Waals surface area contributed by atoms with Crippen LogP contribution in [-0.4, -0.2) is 29.8 Å². The molecular formula is C14H21NO3. The minimum Gasteiger partial charge on any atom is -0.478 e. The Morgan fingerprint density at radius 3 is 2.67 bits per heavy atom. The van der Waals surface area contributed by atoms with Crippen LogP contribution in [0.3, 0.4) is 0 Å². The van der Waals surface area contributed by atoms with Crippen LogP contribution in [0.15, 0.2) is 24.3 Å². The molecule has 1 aromatic rings. The fraction of sp³-hybridized carbons (Fsp3) is 0.500. The lowest BCUT2D eigenvalue weighted by atomic mass is 10.1. The topological polar surface area (TPSA) is 58.6 Å². The molecule has 18 heavy (non-hydrogen) atoms. The lowest BCUT2D eigenvalue weighted by molar-refractivity contribution is -0.00897. The highest BCUT2D eigenvalue weighted by molar-refractivity contribution is 5.89. The molecule has 4 heteroatoms. The molecule has 1 aromatic carbocycles. The highest BCUT2D eigenvalue weighted by Crippen LogP contribution is 2.10. The summed E-state index contributed by atoms with van der Waals surface area (Å²) in [5.41, 5.74) is 0.893. The first-order valence-corrected chi connectivity index (χ1v) is 6.12. The van der Waals surface area contributed by atoms with E-state index in [4.69, 9.17) is 9.84 Å². The zero-order valence-corrected chi connectivity index (χ0v) is 11.2. The number of nitrogens with one attached hydrogen (secondary N) is 1. The summed E-state index contributed by atoms with van der Waals surface area (Å²) in [6.45, 7) is 7.84. The van der Waals surface area contributed by atoms with E-state index in [1.54, 1.807) is 12.1 Å². The predicted octanol–water partition coefficient (Wildman–Crippen LogP) is 2.29. The summed E-state index contributed by atoms with van der Waals surface area (Å²) in [6, 6.07) is 7.02. The quantitative estimate of drug-likeness (QED) is 0.780. The summed E-state index contributed by atoms with van der Waals surface area (Å²) >= 11 is 0. The maximum absolute atomic E-state index is 11.0. The van der Waals surface area contributed by atoms with Gasteiger partial charge in [-0.1, -0.05) is 18.2 Å². The van der Waals surface area contributed by atoms with Crippen molar-refractivity contribution < 1.29 is 14.6 Å². The van der Waals surface area contributed by atoms with Gasteiger partial charge < -0.3 is 15.2 Å². The van der Waals surface area contributed by atoms with Gasteiger partial charge in [0.15, 0.2) is 0 Å². The van der Waals surface area contributed by atoms with Crippen LogP contribution in [-0.2, 0) is 11.3 Å². The van der Waals surface area contributed by atoms with Gasteiger partial charge in [-0.3, -0.25) is 0 Å². The largest absolute Gasteiger partial charge is 0.478 e. The second kappa shape index (κ2) is 6.52. The van der Waals surface area contributed by atoms with Crippen molar-refractivity contribution in [1.29, 1.82) is 0 Å². The van der Waals surface area contributed by atoms with Crippen LogP contribution in [0.25, 0.3) is 0 Å². The molecule has 0 saturated carbocycles. The van der Waals surface area contributed by atoms with Crippen molar-refractivity contribution in [2.75, 3.05) is 13.2 Å². The van der Waals surface area contributed by atoms with Crippen LogP contribution in [0.4, 0.5) is 0 Å². The normalized spacial score (nSPS) is 11.5. The lowest BCUT2D eigenvalue weighted by Gasteiger charge is -2.25. The van der Waals surface area contributed by atoms with E-state index in [0.717, 1.165) is 5.56 Å². The van der Waals surface area contributed by atoms with Crippen molar-refractivity contribution in [1.82, 2.24) is 5.32 Å². The fourth-order valence-corrected chi connectivity index (χ4v) is 1.82. The van der Waals surface area contributed by atoms with Gasteiger partial charge >= 0.3 is 5.97 Å². The van der Waals surface area contributed by atoms with Gasteiger partial charge in [-0.05, 0) is 32.4 Å². The zero-order valence-electron chi connectivity index (χ0n) is 11.2. The molecule has 2 N–H and O–H groups in total. The summed E-state index contributed by atoms with van der Waals surface area (Å²) in [5, 5.41) is 12.3. The number of benzene rings is 1. The molecule has 0 aliphatic heterocycles. The second-order valence-corrected chi connectivity index (χ2v) is 4.76. The van der Waals surface area contributed by atoms with E-state index in [9.17, 15) is 4.79 Å². The average molecular weight is 251 g/mol. The van der Waals surface area contributed by atoms with E-state index in [1.165, 1.54) is 0 Å². The summed E-state index contributed by atoms with van der Waals surface area (Å²) in [7, 11) is 0. The number of ether oxygens (including phenoxy) is 1. The summed E-state index contributed by atoms with van der Waals surface area (Å²) in [5.74, 6) is -0.892. The third-order valence-corrected chi connectivity index (χ3v) is 2.65.